The van der Waals surface area contributed by atoms with Gasteiger partial charge in [-0.15, -0.1) is 0 Å². The quantitative estimate of drug-likeness (QED) is 0.594. The van der Waals surface area contributed by atoms with Crippen LogP contribution in [0.3, 0.4) is 0 Å². The SMILES string of the molecule is CC.CCOC(=O)CCc1c(C)cccc1C=O. The molecule has 0 spiro atoms. The van der Waals surface area contributed by atoms with E-state index in [1.165, 1.54) is 0 Å². The van der Waals surface area contributed by atoms with Gasteiger partial charge >= 0.3 is 5.97 Å². The van der Waals surface area contributed by atoms with Gasteiger partial charge in [-0.05, 0) is 31.4 Å². The summed E-state index contributed by atoms with van der Waals surface area (Å²) < 4.78 is 4.85. The third-order valence-electron chi connectivity index (χ3n) is 2.46. The van der Waals surface area contributed by atoms with Gasteiger partial charge in [0.1, 0.15) is 6.29 Å². The van der Waals surface area contributed by atoms with Gasteiger partial charge in [-0.1, -0.05) is 32.0 Å². The van der Waals surface area contributed by atoms with Crippen LogP contribution in [0.1, 0.15) is 48.7 Å². The van der Waals surface area contributed by atoms with Crippen molar-refractivity contribution in [2.75, 3.05) is 6.61 Å². The van der Waals surface area contributed by atoms with Crippen molar-refractivity contribution >= 4 is 12.3 Å². The summed E-state index contributed by atoms with van der Waals surface area (Å²) in [4.78, 5) is 22.1. The van der Waals surface area contributed by atoms with Crippen molar-refractivity contribution in [2.24, 2.45) is 0 Å². The summed E-state index contributed by atoms with van der Waals surface area (Å²) in [5.41, 5.74) is 2.63. The van der Waals surface area contributed by atoms with Crippen LogP contribution in [-0.2, 0) is 16.0 Å². The maximum atomic E-state index is 11.2. The predicted octanol–water partition coefficient (Wildman–Crippen LogP) is 3.33. The number of hydrogen-bond acceptors (Lipinski definition) is 3. The van der Waals surface area contributed by atoms with Gasteiger partial charge in [0.05, 0.1) is 6.61 Å². The van der Waals surface area contributed by atoms with Gasteiger partial charge < -0.3 is 4.74 Å². The van der Waals surface area contributed by atoms with Crippen LogP contribution >= 0.6 is 0 Å². The van der Waals surface area contributed by atoms with Crippen molar-refractivity contribution in [3.05, 3.63) is 34.9 Å². The zero-order valence-electron chi connectivity index (χ0n) is 11.7. The molecule has 100 valence electrons. The Balaban J connectivity index is 0.00000137. The molecule has 0 fully saturated rings. The number of ether oxygens (including phenoxy) is 1. The van der Waals surface area contributed by atoms with Gasteiger partial charge in [-0.2, -0.15) is 0 Å². The van der Waals surface area contributed by atoms with Crippen LogP contribution in [0.5, 0.6) is 0 Å². The van der Waals surface area contributed by atoms with E-state index in [4.69, 9.17) is 4.74 Å². The number of aryl methyl sites for hydroxylation is 1. The number of hydrogen-bond donors (Lipinski definition) is 0. The summed E-state index contributed by atoms with van der Waals surface area (Å²) in [7, 11) is 0. The van der Waals surface area contributed by atoms with Crippen LogP contribution in [0.2, 0.25) is 0 Å². The van der Waals surface area contributed by atoms with Crippen molar-refractivity contribution in [3.63, 3.8) is 0 Å². The zero-order chi connectivity index (χ0) is 14.0. The number of esters is 1. The number of aldehydes is 1. The molecule has 3 nitrogen and oxygen atoms in total. The first-order chi connectivity index (χ1) is 8.69. The largest absolute Gasteiger partial charge is 0.466 e. The number of rotatable bonds is 5. The van der Waals surface area contributed by atoms with Gasteiger partial charge in [0, 0.05) is 12.0 Å². The molecular formula is C15H22O3. The van der Waals surface area contributed by atoms with Crippen molar-refractivity contribution in [1.82, 2.24) is 0 Å². The van der Waals surface area contributed by atoms with E-state index in [0.29, 0.717) is 25.0 Å². The molecule has 0 radical (unpaired) electrons. The molecule has 0 aliphatic carbocycles. The van der Waals surface area contributed by atoms with Gasteiger partial charge in [-0.25, -0.2) is 0 Å². The molecule has 0 bridgehead atoms. The third-order valence-corrected chi connectivity index (χ3v) is 2.46. The highest BCUT2D eigenvalue weighted by Gasteiger charge is 2.08. The van der Waals surface area contributed by atoms with E-state index in [0.717, 1.165) is 17.4 Å². The summed E-state index contributed by atoms with van der Waals surface area (Å²) in [6.45, 7) is 8.11. The molecule has 0 saturated heterocycles. The lowest BCUT2D eigenvalue weighted by Gasteiger charge is -2.08. The van der Waals surface area contributed by atoms with Gasteiger partial charge in [-0.3, -0.25) is 9.59 Å². The Hall–Kier alpha value is -1.64. The summed E-state index contributed by atoms with van der Waals surface area (Å²) in [6.07, 6.45) is 1.70. The molecule has 1 aromatic carbocycles. The normalized spacial score (nSPS) is 9.11. The average Bonchev–Trinajstić information content (AvgIpc) is 2.39. The predicted molar refractivity (Wildman–Crippen MR) is 72.9 cm³/mol. The Kier molecular flexibility index (Phi) is 8.54. The Labute approximate surface area is 109 Å². The number of benzene rings is 1. The smallest absolute Gasteiger partial charge is 0.306 e. The first-order valence-electron chi connectivity index (χ1n) is 6.38. The maximum Gasteiger partial charge on any atom is 0.306 e. The fourth-order valence-corrected chi connectivity index (χ4v) is 1.64. The number of carbonyl (C=O) groups is 2. The van der Waals surface area contributed by atoms with E-state index >= 15 is 0 Å². The molecule has 0 aliphatic rings. The molecule has 0 aliphatic heterocycles. The van der Waals surface area contributed by atoms with E-state index in [-0.39, 0.29) is 5.97 Å². The van der Waals surface area contributed by atoms with Gasteiger partial charge in [0.25, 0.3) is 0 Å². The molecule has 0 atom stereocenters. The van der Waals surface area contributed by atoms with Gasteiger partial charge in [0.15, 0.2) is 0 Å². The van der Waals surface area contributed by atoms with Crippen LogP contribution in [-0.4, -0.2) is 18.9 Å². The van der Waals surface area contributed by atoms with Crippen LogP contribution in [0.15, 0.2) is 18.2 Å². The zero-order valence-corrected chi connectivity index (χ0v) is 11.7. The third kappa shape index (κ3) is 5.13. The second-order valence-electron chi connectivity index (χ2n) is 3.57. The second-order valence-corrected chi connectivity index (χ2v) is 3.57. The molecule has 0 N–H and O–H groups in total. The minimum atomic E-state index is -0.220. The van der Waals surface area contributed by atoms with Crippen molar-refractivity contribution in [3.8, 4) is 0 Å². The Morgan fingerprint density at radius 1 is 1.33 bits per heavy atom. The molecule has 3 heteroatoms. The highest BCUT2D eigenvalue weighted by Crippen LogP contribution is 2.14. The standard InChI is InChI=1S/C13H16O3.C2H6/c1-3-16-13(15)8-7-12-10(2)5-4-6-11(12)9-14;1-2/h4-6,9H,3,7-8H2,1-2H3;1-2H3. The topological polar surface area (TPSA) is 43.4 Å². The lowest BCUT2D eigenvalue weighted by atomic mass is 9.98. The summed E-state index contributed by atoms with van der Waals surface area (Å²) in [6, 6.07) is 5.54. The molecule has 1 rings (SSSR count). The van der Waals surface area contributed by atoms with Crippen molar-refractivity contribution in [1.29, 1.82) is 0 Å². The molecule has 0 amide bonds. The summed E-state index contributed by atoms with van der Waals surface area (Å²) >= 11 is 0. The molecule has 0 unspecified atom stereocenters. The highest BCUT2D eigenvalue weighted by atomic mass is 16.5. The lowest BCUT2D eigenvalue weighted by Crippen LogP contribution is -2.07. The van der Waals surface area contributed by atoms with E-state index < -0.39 is 0 Å². The molecule has 0 aromatic heterocycles. The monoisotopic (exact) mass is 250 g/mol. The average molecular weight is 250 g/mol. The van der Waals surface area contributed by atoms with E-state index in [9.17, 15) is 9.59 Å². The van der Waals surface area contributed by atoms with Crippen molar-refractivity contribution < 1.29 is 14.3 Å². The minimum Gasteiger partial charge on any atom is -0.466 e. The van der Waals surface area contributed by atoms with Crippen molar-refractivity contribution in [2.45, 2.75) is 40.5 Å². The van der Waals surface area contributed by atoms with E-state index in [1.54, 1.807) is 13.0 Å². The Morgan fingerprint density at radius 3 is 2.56 bits per heavy atom. The van der Waals surface area contributed by atoms with Crippen LogP contribution in [0.4, 0.5) is 0 Å². The first-order valence-corrected chi connectivity index (χ1v) is 6.38. The second kappa shape index (κ2) is 9.40. The highest BCUT2D eigenvalue weighted by molar-refractivity contribution is 5.78. The summed E-state index contributed by atoms with van der Waals surface area (Å²) in [5.74, 6) is -0.220. The summed E-state index contributed by atoms with van der Waals surface area (Å²) in [5, 5.41) is 0. The van der Waals surface area contributed by atoms with E-state index in [1.807, 2.05) is 32.9 Å². The molecular weight excluding hydrogens is 228 g/mol. The maximum absolute atomic E-state index is 11.2. The fraction of sp³-hybridized carbons (Fsp3) is 0.467. The van der Waals surface area contributed by atoms with Crippen LogP contribution in [0, 0.1) is 6.92 Å². The Morgan fingerprint density at radius 2 is 2.00 bits per heavy atom. The Bertz CT molecular complexity index is 383. The van der Waals surface area contributed by atoms with Gasteiger partial charge in [0.2, 0.25) is 0 Å². The molecule has 18 heavy (non-hydrogen) atoms. The van der Waals surface area contributed by atoms with E-state index in [2.05, 4.69) is 0 Å². The fourth-order valence-electron chi connectivity index (χ4n) is 1.64. The number of carbonyl (C=O) groups excluding carboxylic acids is 2. The van der Waals surface area contributed by atoms with Crippen LogP contribution < -0.4 is 0 Å². The molecule has 0 saturated carbocycles. The molecule has 1 aromatic rings. The lowest BCUT2D eigenvalue weighted by molar-refractivity contribution is -0.143. The molecule has 0 heterocycles. The minimum absolute atomic E-state index is 0.220. The van der Waals surface area contributed by atoms with Crippen LogP contribution in [0.25, 0.3) is 0 Å². The first kappa shape index (κ1) is 16.4.